The van der Waals surface area contributed by atoms with Crippen molar-refractivity contribution in [3.05, 3.63) is 103 Å². The van der Waals surface area contributed by atoms with Gasteiger partial charge in [-0.2, -0.15) is 0 Å². The molecule has 1 fully saturated rings. The van der Waals surface area contributed by atoms with Gasteiger partial charge in [-0.25, -0.2) is 0 Å². The maximum absolute atomic E-state index is 3.84. The topological polar surface area (TPSA) is 48.1 Å². The van der Waals surface area contributed by atoms with Crippen LogP contribution in [0.25, 0.3) is 0 Å². The van der Waals surface area contributed by atoms with Crippen LogP contribution < -0.4 is 21.3 Å². The minimum atomic E-state index is 0.0840. The highest BCUT2D eigenvalue weighted by Crippen LogP contribution is 2.56. The summed E-state index contributed by atoms with van der Waals surface area (Å²) in [5.74, 6) is 0. The SMILES string of the molecule is CC1(C)C(Nc2ccc(NC3=CC=CCC3)cc2)C(C)(C)C1Nc1ccc(Nc2ccccc2)cc1. The average molecular weight is 479 g/mol. The number of rotatable bonds is 8. The molecule has 0 radical (unpaired) electrons. The van der Waals surface area contributed by atoms with Crippen LogP contribution in [-0.2, 0) is 0 Å². The Bertz CT molecular complexity index is 1210. The number of hydrogen-bond donors (Lipinski definition) is 4. The molecule has 3 aromatic rings. The van der Waals surface area contributed by atoms with E-state index in [0.29, 0.717) is 12.1 Å². The summed E-state index contributed by atoms with van der Waals surface area (Å²) in [7, 11) is 0. The highest BCUT2D eigenvalue weighted by molar-refractivity contribution is 5.63. The normalized spacial score (nSPS) is 21.6. The first kappa shape index (κ1) is 24.1. The lowest BCUT2D eigenvalue weighted by molar-refractivity contribution is -0.0256. The number of nitrogens with one attached hydrogen (secondary N) is 4. The van der Waals surface area contributed by atoms with Crippen molar-refractivity contribution in [1.82, 2.24) is 0 Å². The summed E-state index contributed by atoms with van der Waals surface area (Å²) < 4.78 is 0. The molecule has 186 valence electrons. The van der Waals surface area contributed by atoms with Gasteiger partial charge in [0.05, 0.1) is 0 Å². The largest absolute Gasteiger partial charge is 0.381 e. The summed E-state index contributed by atoms with van der Waals surface area (Å²) in [5, 5.41) is 14.7. The van der Waals surface area contributed by atoms with Gasteiger partial charge in [0.1, 0.15) is 0 Å². The lowest BCUT2D eigenvalue weighted by Gasteiger charge is -2.64. The quantitative estimate of drug-likeness (QED) is 0.262. The van der Waals surface area contributed by atoms with Crippen molar-refractivity contribution in [2.24, 2.45) is 10.8 Å². The van der Waals surface area contributed by atoms with Crippen LogP contribution in [0, 0.1) is 10.8 Å². The molecule has 0 spiro atoms. The van der Waals surface area contributed by atoms with Crippen LogP contribution in [0.5, 0.6) is 0 Å². The fourth-order valence-electron chi connectivity index (χ4n) is 6.11. The summed E-state index contributed by atoms with van der Waals surface area (Å²) in [5.41, 5.74) is 7.09. The molecule has 36 heavy (non-hydrogen) atoms. The summed E-state index contributed by atoms with van der Waals surface area (Å²) >= 11 is 0. The average Bonchev–Trinajstić information content (AvgIpc) is 2.88. The lowest BCUT2D eigenvalue weighted by atomic mass is 9.48. The van der Waals surface area contributed by atoms with Crippen molar-refractivity contribution in [3.63, 3.8) is 0 Å². The van der Waals surface area contributed by atoms with Crippen LogP contribution in [-0.4, -0.2) is 12.1 Å². The van der Waals surface area contributed by atoms with Crippen LogP contribution >= 0.6 is 0 Å². The van der Waals surface area contributed by atoms with E-state index in [1.807, 2.05) is 18.2 Å². The molecule has 0 aromatic heterocycles. The third kappa shape index (κ3) is 4.99. The third-order valence-electron chi connectivity index (χ3n) is 7.75. The molecule has 0 amide bonds. The minimum Gasteiger partial charge on any atom is -0.381 e. The molecular weight excluding hydrogens is 440 g/mol. The van der Waals surface area contributed by atoms with Crippen molar-refractivity contribution in [1.29, 1.82) is 0 Å². The van der Waals surface area contributed by atoms with Gasteiger partial charge in [-0.05, 0) is 79.6 Å². The highest BCUT2D eigenvalue weighted by atomic mass is 15.1. The summed E-state index contributed by atoms with van der Waals surface area (Å²) in [6, 6.07) is 28.3. The Labute approximate surface area is 215 Å². The van der Waals surface area contributed by atoms with Crippen molar-refractivity contribution in [3.8, 4) is 0 Å². The van der Waals surface area contributed by atoms with Gasteiger partial charge >= 0.3 is 0 Å². The van der Waals surface area contributed by atoms with Gasteiger partial charge in [-0.15, -0.1) is 0 Å². The monoisotopic (exact) mass is 478 g/mol. The van der Waals surface area contributed by atoms with Gasteiger partial charge in [0.25, 0.3) is 0 Å². The fourth-order valence-corrected chi connectivity index (χ4v) is 6.11. The van der Waals surface area contributed by atoms with Gasteiger partial charge in [0.15, 0.2) is 0 Å². The molecule has 4 nitrogen and oxygen atoms in total. The number of anilines is 5. The molecule has 2 aliphatic carbocycles. The van der Waals surface area contributed by atoms with E-state index < -0.39 is 0 Å². The van der Waals surface area contributed by atoms with E-state index in [9.17, 15) is 0 Å². The van der Waals surface area contributed by atoms with Crippen LogP contribution in [0.2, 0.25) is 0 Å². The Morgan fingerprint density at radius 2 is 1.06 bits per heavy atom. The van der Waals surface area contributed by atoms with E-state index in [1.54, 1.807) is 0 Å². The van der Waals surface area contributed by atoms with E-state index in [-0.39, 0.29) is 10.8 Å². The van der Waals surface area contributed by atoms with Crippen LogP contribution in [0.3, 0.4) is 0 Å². The molecular formula is C32H38N4. The van der Waals surface area contributed by atoms with E-state index in [2.05, 4.69) is 128 Å². The molecule has 4 heteroatoms. The predicted molar refractivity (Wildman–Crippen MR) is 155 cm³/mol. The third-order valence-corrected chi connectivity index (χ3v) is 7.75. The second-order valence-corrected chi connectivity index (χ2v) is 11.2. The Morgan fingerprint density at radius 1 is 0.583 bits per heavy atom. The van der Waals surface area contributed by atoms with Crippen molar-refractivity contribution in [2.75, 3.05) is 21.3 Å². The highest BCUT2D eigenvalue weighted by Gasteiger charge is 2.61. The molecule has 0 atom stereocenters. The molecule has 0 aliphatic heterocycles. The lowest BCUT2D eigenvalue weighted by Crippen LogP contribution is -2.72. The first-order valence-electron chi connectivity index (χ1n) is 13.0. The number of para-hydroxylation sites is 1. The molecule has 0 saturated heterocycles. The van der Waals surface area contributed by atoms with Crippen molar-refractivity contribution in [2.45, 2.75) is 52.6 Å². The Morgan fingerprint density at radius 3 is 1.56 bits per heavy atom. The Balaban J connectivity index is 1.20. The van der Waals surface area contributed by atoms with Gasteiger partial charge in [0.2, 0.25) is 0 Å². The van der Waals surface area contributed by atoms with Crippen molar-refractivity contribution >= 4 is 28.4 Å². The van der Waals surface area contributed by atoms with Gasteiger partial charge < -0.3 is 21.3 Å². The molecule has 2 aliphatic rings. The van der Waals surface area contributed by atoms with E-state index in [4.69, 9.17) is 0 Å². The van der Waals surface area contributed by atoms with Gasteiger partial charge in [-0.1, -0.05) is 58.0 Å². The molecule has 0 unspecified atom stereocenters. The number of benzene rings is 3. The predicted octanol–water partition coefficient (Wildman–Crippen LogP) is 8.40. The number of allylic oxidation sites excluding steroid dienone is 4. The fraction of sp³-hybridized carbons (Fsp3) is 0.312. The Hall–Kier alpha value is -3.66. The minimum absolute atomic E-state index is 0.0840. The van der Waals surface area contributed by atoms with E-state index >= 15 is 0 Å². The van der Waals surface area contributed by atoms with Crippen molar-refractivity contribution < 1.29 is 0 Å². The molecule has 1 saturated carbocycles. The van der Waals surface area contributed by atoms with E-state index in [1.165, 1.54) is 11.4 Å². The smallest absolute Gasteiger partial charge is 0.0402 e. The molecule has 0 heterocycles. The van der Waals surface area contributed by atoms with Gasteiger partial charge in [0, 0.05) is 57.0 Å². The first-order chi connectivity index (χ1) is 17.3. The maximum Gasteiger partial charge on any atom is 0.0402 e. The standard InChI is InChI=1S/C32H38N4/c1-31(2)29(35-27-19-15-25(16-20-27)33-23-11-7-5-8-12-23)32(3,4)30(31)36-28-21-17-26(18-22-28)34-24-13-9-6-10-14-24/h5-9,11-13,15-22,29-30,33-36H,10,14H2,1-4H3. The van der Waals surface area contributed by atoms with E-state index in [0.717, 1.165) is 35.6 Å². The van der Waals surface area contributed by atoms with Crippen LogP contribution in [0.1, 0.15) is 40.5 Å². The summed E-state index contributed by atoms with van der Waals surface area (Å²) in [4.78, 5) is 0. The zero-order chi connectivity index (χ0) is 25.2. The molecule has 0 bridgehead atoms. The first-order valence-corrected chi connectivity index (χ1v) is 13.0. The number of hydrogen-bond acceptors (Lipinski definition) is 4. The molecule has 3 aromatic carbocycles. The second-order valence-electron chi connectivity index (χ2n) is 11.2. The zero-order valence-corrected chi connectivity index (χ0v) is 21.8. The maximum atomic E-state index is 3.84. The summed E-state index contributed by atoms with van der Waals surface area (Å²) in [6.45, 7) is 9.44. The van der Waals surface area contributed by atoms with Crippen LogP contribution in [0.15, 0.2) is 103 Å². The second kappa shape index (κ2) is 9.77. The van der Waals surface area contributed by atoms with Crippen LogP contribution in [0.4, 0.5) is 28.4 Å². The molecule has 4 N–H and O–H groups in total. The summed E-state index contributed by atoms with van der Waals surface area (Å²) in [6.07, 6.45) is 8.68. The Kier molecular flexibility index (Phi) is 6.53. The van der Waals surface area contributed by atoms with Gasteiger partial charge in [-0.3, -0.25) is 0 Å². The zero-order valence-electron chi connectivity index (χ0n) is 21.8. The molecule has 5 rings (SSSR count).